The molecule has 0 aliphatic carbocycles. The Morgan fingerprint density at radius 2 is 2.18 bits per heavy atom. The Morgan fingerprint density at radius 3 is 2.88 bits per heavy atom. The number of nitrogens with zero attached hydrogens (tertiary/aromatic N) is 1. The van der Waals surface area contributed by atoms with Gasteiger partial charge in [-0.1, -0.05) is 12.8 Å². The van der Waals surface area contributed by atoms with Gasteiger partial charge in [-0.25, -0.2) is 5.84 Å². The van der Waals surface area contributed by atoms with Gasteiger partial charge < -0.3 is 5.11 Å². The molecule has 1 rings (SSSR count). The van der Waals surface area contributed by atoms with Crippen molar-refractivity contribution >= 4 is 5.91 Å². The highest BCUT2D eigenvalue weighted by molar-refractivity contribution is 5.74. The first kappa shape index (κ1) is 14.4. The van der Waals surface area contributed by atoms with Gasteiger partial charge in [0.05, 0.1) is 6.61 Å². The summed E-state index contributed by atoms with van der Waals surface area (Å²) in [6.07, 6.45) is 7.13. The van der Waals surface area contributed by atoms with Crippen molar-refractivity contribution in [2.24, 2.45) is 5.84 Å². The van der Waals surface area contributed by atoms with E-state index in [-0.39, 0.29) is 12.5 Å². The largest absolute Gasteiger partial charge is 0.395 e. The highest BCUT2D eigenvalue weighted by Crippen LogP contribution is 2.17. The molecule has 1 heterocycles. The van der Waals surface area contributed by atoms with E-state index in [0.717, 1.165) is 38.8 Å². The molecule has 0 saturated carbocycles. The number of piperidine rings is 1. The Hall–Kier alpha value is -0.650. The van der Waals surface area contributed by atoms with E-state index in [9.17, 15) is 9.90 Å². The third kappa shape index (κ3) is 5.48. The minimum atomic E-state index is -0.0868. The number of aliphatic hydroxyl groups is 1. The maximum absolute atomic E-state index is 10.9. The van der Waals surface area contributed by atoms with Gasteiger partial charge in [0.25, 0.3) is 0 Å². The van der Waals surface area contributed by atoms with E-state index < -0.39 is 0 Å². The molecule has 0 aromatic carbocycles. The van der Waals surface area contributed by atoms with Crippen molar-refractivity contribution in [1.29, 1.82) is 0 Å². The summed E-state index contributed by atoms with van der Waals surface area (Å²) in [6, 6.07) is 0.357. The van der Waals surface area contributed by atoms with Crippen molar-refractivity contribution in [2.45, 2.75) is 51.0 Å². The monoisotopic (exact) mass is 243 g/mol. The second kappa shape index (κ2) is 8.44. The summed E-state index contributed by atoms with van der Waals surface area (Å²) in [4.78, 5) is 13.3. The van der Waals surface area contributed by atoms with Gasteiger partial charge in [-0.3, -0.25) is 15.1 Å². The van der Waals surface area contributed by atoms with E-state index in [0.29, 0.717) is 12.5 Å². The van der Waals surface area contributed by atoms with Crippen LogP contribution in [0.15, 0.2) is 0 Å². The molecule has 1 amide bonds. The Labute approximate surface area is 103 Å². The molecule has 1 saturated heterocycles. The van der Waals surface area contributed by atoms with Crippen LogP contribution in [-0.2, 0) is 4.79 Å². The van der Waals surface area contributed by atoms with Gasteiger partial charge in [0.15, 0.2) is 0 Å². The maximum atomic E-state index is 10.9. The van der Waals surface area contributed by atoms with Crippen molar-refractivity contribution < 1.29 is 9.90 Å². The Kier molecular flexibility index (Phi) is 7.16. The number of carbonyl (C=O) groups excluding carboxylic acids is 1. The van der Waals surface area contributed by atoms with E-state index in [4.69, 9.17) is 5.84 Å². The average Bonchev–Trinajstić information content (AvgIpc) is 2.38. The third-order valence-corrected chi connectivity index (χ3v) is 3.47. The van der Waals surface area contributed by atoms with Crippen LogP contribution >= 0.6 is 0 Å². The molecular weight excluding hydrogens is 218 g/mol. The van der Waals surface area contributed by atoms with E-state index in [2.05, 4.69) is 10.3 Å². The van der Waals surface area contributed by atoms with Crippen molar-refractivity contribution in [1.82, 2.24) is 10.3 Å². The molecule has 4 N–H and O–H groups in total. The van der Waals surface area contributed by atoms with Crippen LogP contribution in [0.25, 0.3) is 0 Å². The smallest absolute Gasteiger partial charge is 0.233 e. The predicted molar refractivity (Wildman–Crippen MR) is 67.1 cm³/mol. The third-order valence-electron chi connectivity index (χ3n) is 3.47. The van der Waals surface area contributed by atoms with Crippen LogP contribution in [0.4, 0.5) is 0 Å². The topological polar surface area (TPSA) is 78.6 Å². The summed E-state index contributed by atoms with van der Waals surface area (Å²) in [5.41, 5.74) is 2.14. The van der Waals surface area contributed by atoms with Crippen molar-refractivity contribution in [2.75, 3.05) is 19.7 Å². The van der Waals surface area contributed by atoms with E-state index >= 15 is 0 Å². The SMILES string of the molecule is NNC(=O)CCCCCN1CCCCC1CO. The fraction of sp³-hybridized carbons (Fsp3) is 0.917. The van der Waals surface area contributed by atoms with Crippen LogP contribution in [0.1, 0.15) is 44.9 Å². The van der Waals surface area contributed by atoms with E-state index in [1.165, 1.54) is 12.8 Å². The fourth-order valence-corrected chi connectivity index (χ4v) is 2.41. The molecule has 0 radical (unpaired) electrons. The van der Waals surface area contributed by atoms with Gasteiger partial charge in [-0.15, -0.1) is 0 Å². The molecule has 1 fully saturated rings. The zero-order valence-electron chi connectivity index (χ0n) is 10.5. The summed E-state index contributed by atoms with van der Waals surface area (Å²) in [5.74, 6) is 4.92. The first-order valence-electron chi connectivity index (χ1n) is 6.62. The molecule has 1 atom stereocenters. The number of hydrogen-bond acceptors (Lipinski definition) is 4. The maximum Gasteiger partial charge on any atom is 0.233 e. The minimum absolute atomic E-state index is 0.0868. The molecular formula is C12H25N3O2. The Bertz CT molecular complexity index is 224. The zero-order chi connectivity index (χ0) is 12.5. The number of nitrogens with two attached hydrogens (primary N) is 1. The van der Waals surface area contributed by atoms with Crippen LogP contribution in [0, 0.1) is 0 Å². The second-order valence-electron chi connectivity index (χ2n) is 4.75. The van der Waals surface area contributed by atoms with Gasteiger partial charge >= 0.3 is 0 Å². The van der Waals surface area contributed by atoms with Crippen LogP contribution < -0.4 is 11.3 Å². The number of nitrogens with one attached hydrogen (secondary N) is 1. The first-order valence-corrected chi connectivity index (χ1v) is 6.62. The van der Waals surface area contributed by atoms with Crippen molar-refractivity contribution in [3.05, 3.63) is 0 Å². The zero-order valence-corrected chi connectivity index (χ0v) is 10.5. The molecule has 1 unspecified atom stereocenters. The summed E-state index contributed by atoms with van der Waals surface area (Å²) in [5, 5.41) is 9.26. The number of unbranched alkanes of at least 4 members (excludes halogenated alkanes) is 2. The molecule has 1 aliphatic heterocycles. The molecule has 0 aromatic rings. The van der Waals surface area contributed by atoms with E-state index in [1.54, 1.807) is 0 Å². The van der Waals surface area contributed by atoms with Gasteiger partial charge in [-0.2, -0.15) is 0 Å². The molecule has 100 valence electrons. The number of hydrazine groups is 1. The standard InChI is InChI=1S/C12H25N3O2/c13-14-12(17)7-2-1-4-8-15-9-5-3-6-11(15)10-16/h11,16H,1-10,13H2,(H,14,17). The lowest BCUT2D eigenvalue weighted by Crippen LogP contribution is -2.42. The molecule has 0 aromatic heterocycles. The van der Waals surface area contributed by atoms with Gasteiger partial charge in [-0.05, 0) is 38.8 Å². The Morgan fingerprint density at radius 1 is 1.35 bits per heavy atom. The molecule has 5 heteroatoms. The minimum Gasteiger partial charge on any atom is -0.395 e. The predicted octanol–water partition coefficient (Wildman–Crippen LogP) is 0.383. The molecule has 5 nitrogen and oxygen atoms in total. The molecule has 0 spiro atoms. The normalized spacial score (nSPS) is 21.4. The van der Waals surface area contributed by atoms with Gasteiger partial charge in [0.1, 0.15) is 0 Å². The summed E-state index contributed by atoms with van der Waals surface area (Å²) in [7, 11) is 0. The van der Waals surface area contributed by atoms with E-state index in [1.807, 2.05) is 0 Å². The lowest BCUT2D eigenvalue weighted by Gasteiger charge is -2.34. The lowest BCUT2D eigenvalue weighted by atomic mass is 10.0. The summed E-state index contributed by atoms with van der Waals surface area (Å²) < 4.78 is 0. The molecule has 17 heavy (non-hydrogen) atoms. The molecule has 1 aliphatic rings. The average molecular weight is 243 g/mol. The quantitative estimate of drug-likeness (QED) is 0.261. The number of amides is 1. The summed E-state index contributed by atoms with van der Waals surface area (Å²) in [6.45, 7) is 2.42. The number of carbonyl (C=O) groups is 1. The number of hydrogen-bond donors (Lipinski definition) is 3. The fourth-order valence-electron chi connectivity index (χ4n) is 2.41. The highest BCUT2D eigenvalue weighted by Gasteiger charge is 2.20. The van der Waals surface area contributed by atoms with Gasteiger partial charge in [0, 0.05) is 12.5 Å². The second-order valence-corrected chi connectivity index (χ2v) is 4.75. The van der Waals surface area contributed by atoms with Crippen LogP contribution in [-0.4, -0.2) is 41.7 Å². The number of rotatable bonds is 7. The van der Waals surface area contributed by atoms with Gasteiger partial charge in [0.2, 0.25) is 5.91 Å². The number of aliphatic hydroxyl groups excluding tert-OH is 1. The highest BCUT2D eigenvalue weighted by atomic mass is 16.3. The molecule has 0 bridgehead atoms. The van der Waals surface area contributed by atoms with Crippen molar-refractivity contribution in [3.8, 4) is 0 Å². The lowest BCUT2D eigenvalue weighted by molar-refractivity contribution is -0.121. The van der Waals surface area contributed by atoms with Crippen LogP contribution in [0.2, 0.25) is 0 Å². The first-order chi connectivity index (χ1) is 8.27. The van der Waals surface area contributed by atoms with Crippen molar-refractivity contribution in [3.63, 3.8) is 0 Å². The van der Waals surface area contributed by atoms with Crippen LogP contribution in [0.5, 0.6) is 0 Å². The number of likely N-dealkylation sites (tertiary alicyclic amines) is 1. The summed E-state index contributed by atoms with van der Waals surface area (Å²) >= 11 is 0. The van der Waals surface area contributed by atoms with Crippen LogP contribution in [0.3, 0.4) is 0 Å². The Balaban J connectivity index is 2.06.